The van der Waals surface area contributed by atoms with E-state index in [1.54, 1.807) is 0 Å². The molecule has 0 saturated heterocycles. The average molecular weight is 228 g/mol. The van der Waals surface area contributed by atoms with Gasteiger partial charge >= 0.3 is 6.09 Å². The number of rotatable bonds is 4. The van der Waals surface area contributed by atoms with Crippen molar-refractivity contribution in [2.24, 2.45) is 23.5 Å². The predicted molar refractivity (Wildman–Crippen MR) is 64.1 cm³/mol. The maximum absolute atomic E-state index is 11.4. The van der Waals surface area contributed by atoms with E-state index in [1.165, 1.54) is 6.42 Å². The highest BCUT2D eigenvalue weighted by atomic mass is 16.6. The second-order valence-electron chi connectivity index (χ2n) is 5.76. The Morgan fingerprint density at radius 1 is 1.56 bits per heavy atom. The fourth-order valence-electron chi connectivity index (χ4n) is 1.95. The van der Waals surface area contributed by atoms with Crippen LogP contribution in [0.15, 0.2) is 0 Å². The largest absolute Gasteiger partial charge is 0.444 e. The van der Waals surface area contributed by atoms with Gasteiger partial charge in [-0.2, -0.15) is 0 Å². The molecule has 3 unspecified atom stereocenters. The average Bonchev–Trinajstić information content (AvgIpc) is 2.81. The second-order valence-corrected chi connectivity index (χ2v) is 5.76. The number of nitrogens with one attached hydrogen (secondary N) is 1. The van der Waals surface area contributed by atoms with Crippen molar-refractivity contribution in [3.63, 3.8) is 0 Å². The number of carbonyl (C=O) groups is 1. The quantitative estimate of drug-likeness (QED) is 0.770. The number of amides is 1. The summed E-state index contributed by atoms with van der Waals surface area (Å²) in [6.07, 6.45) is 0.886. The Kier molecular flexibility index (Phi) is 4.19. The molecule has 0 radical (unpaired) electrons. The zero-order valence-corrected chi connectivity index (χ0v) is 10.7. The zero-order valence-electron chi connectivity index (χ0n) is 10.7. The molecule has 1 aliphatic rings. The van der Waals surface area contributed by atoms with Crippen LogP contribution in [0.25, 0.3) is 0 Å². The van der Waals surface area contributed by atoms with E-state index in [-0.39, 0.29) is 6.09 Å². The predicted octanol–water partition coefficient (Wildman–Crippen LogP) is 1.74. The number of hydrogen-bond acceptors (Lipinski definition) is 3. The van der Waals surface area contributed by atoms with Crippen molar-refractivity contribution < 1.29 is 9.53 Å². The van der Waals surface area contributed by atoms with Gasteiger partial charge in [-0.1, -0.05) is 6.92 Å². The molecule has 0 bridgehead atoms. The Morgan fingerprint density at radius 2 is 2.12 bits per heavy atom. The van der Waals surface area contributed by atoms with Crippen molar-refractivity contribution in [1.29, 1.82) is 0 Å². The Labute approximate surface area is 97.9 Å². The molecule has 1 aliphatic carbocycles. The molecule has 4 heteroatoms. The minimum absolute atomic E-state index is 0.348. The number of carbonyl (C=O) groups excluding carboxylic acids is 1. The standard InChI is InChI=1S/C12H24N2O2/c1-8-5-10(8)9(6-13)7-14-11(15)16-12(2,3)4/h8-10H,5-7,13H2,1-4H3,(H,14,15). The van der Waals surface area contributed by atoms with E-state index in [4.69, 9.17) is 10.5 Å². The van der Waals surface area contributed by atoms with Gasteiger partial charge in [0.1, 0.15) is 5.60 Å². The highest BCUT2D eigenvalue weighted by Crippen LogP contribution is 2.43. The number of nitrogens with two attached hydrogens (primary N) is 1. The molecule has 0 aromatic carbocycles. The molecule has 94 valence electrons. The Hall–Kier alpha value is -0.770. The van der Waals surface area contributed by atoms with Gasteiger partial charge in [-0.25, -0.2) is 4.79 Å². The molecule has 1 rings (SSSR count). The van der Waals surface area contributed by atoms with Gasteiger partial charge in [0, 0.05) is 6.54 Å². The van der Waals surface area contributed by atoms with Crippen LogP contribution in [0.3, 0.4) is 0 Å². The van der Waals surface area contributed by atoms with Crippen molar-refractivity contribution in [2.45, 2.75) is 39.7 Å². The maximum Gasteiger partial charge on any atom is 0.407 e. The van der Waals surface area contributed by atoms with Gasteiger partial charge in [0.05, 0.1) is 0 Å². The summed E-state index contributed by atoms with van der Waals surface area (Å²) in [7, 11) is 0. The van der Waals surface area contributed by atoms with E-state index < -0.39 is 5.60 Å². The van der Waals surface area contributed by atoms with E-state index in [1.807, 2.05) is 20.8 Å². The number of alkyl carbamates (subject to hydrolysis) is 1. The van der Waals surface area contributed by atoms with Crippen LogP contribution < -0.4 is 11.1 Å². The Bertz CT molecular complexity index is 248. The molecule has 3 atom stereocenters. The van der Waals surface area contributed by atoms with Gasteiger partial charge < -0.3 is 15.8 Å². The molecule has 4 nitrogen and oxygen atoms in total. The summed E-state index contributed by atoms with van der Waals surface area (Å²) in [5.41, 5.74) is 5.26. The molecule has 0 spiro atoms. The number of ether oxygens (including phenoxy) is 1. The van der Waals surface area contributed by atoms with Crippen LogP contribution in [0, 0.1) is 17.8 Å². The van der Waals surface area contributed by atoms with Gasteiger partial charge in [-0.05, 0) is 51.5 Å². The van der Waals surface area contributed by atoms with Crippen LogP contribution in [0.4, 0.5) is 4.79 Å². The molecule has 0 aliphatic heterocycles. The SMILES string of the molecule is CC1CC1C(CN)CNC(=O)OC(C)(C)C. The molecule has 16 heavy (non-hydrogen) atoms. The highest BCUT2D eigenvalue weighted by Gasteiger charge is 2.38. The van der Waals surface area contributed by atoms with Gasteiger partial charge in [0.2, 0.25) is 0 Å². The van der Waals surface area contributed by atoms with E-state index in [2.05, 4.69) is 12.2 Å². The first-order chi connectivity index (χ1) is 7.33. The maximum atomic E-state index is 11.4. The van der Waals surface area contributed by atoms with Crippen LogP contribution in [-0.2, 0) is 4.74 Å². The van der Waals surface area contributed by atoms with Crippen LogP contribution in [-0.4, -0.2) is 24.8 Å². The molecule has 3 N–H and O–H groups in total. The van der Waals surface area contributed by atoms with E-state index in [0.717, 1.165) is 5.92 Å². The van der Waals surface area contributed by atoms with Crippen LogP contribution in [0.2, 0.25) is 0 Å². The first kappa shape index (κ1) is 13.3. The van der Waals surface area contributed by atoms with Crippen LogP contribution in [0.5, 0.6) is 0 Å². The van der Waals surface area contributed by atoms with Gasteiger partial charge in [0.25, 0.3) is 0 Å². The lowest BCUT2D eigenvalue weighted by atomic mass is 10.0. The molecular formula is C12H24N2O2. The third-order valence-electron chi connectivity index (χ3n) is 2.99. The molecular weight excluding hydrogens is 204 g/mol. The molecule has 1 saturated carbocycles. The van der Waals surface area contributed by atoms with Crippen LogP contribution >= 0.6 is 0 Å². The summed E-state index contributed by atoms with van der Waals surface area (Å²) in [6.45, 7) is 9.05. The summed E-state index contributed by atoms with van der Waals surface area (Å²) >= 11 is 0. The normalized spacial score (nSPS) is 26.1. The smallest absolute Gasteiger partial charge is 0.407 e. The third-order valence-corrected chi connectivity index (χ3v) is 2.99. The van der Waals surface area contributed by atoms with Crippen molar-refractivity contribution in [3.05, 3.63) is 0 Å². The highest BCUT2D eigenvalue weighted by molar-refractivity contribution is 5.67. The van der Waals surface area contributed by atoms with E-state index in [9.17, 15) is 4.79 Å². The Balaban J connectivity index is 2.25. The minimum Gasteiger partial charge on any atom is -0.444 e. The lowest BCUT2D eigenvalue weighted by Gasteiger charge is -2.21. The summed E-state index contributed by atoms with van der Waals surface area (Å²) < 4.78 is 5.17. The summed E-state index contributed by atoms with van der Waals surface area (Å²) in [5.74, 6) is 1.83. The second kappa shape index (κ2) is 5.04. The fourth-order valence-corrected chi connectivity index (χ4v) is 1.95. The fraction of sp³-hybridized carbons (Fsp3) is 0.917. The Morgan fingerprint density at radius 3 is 2.50 bits per heavy atom. The molecule has 0 aromatic heterocycles. The summed E-state index contributed by atoms with van der Waals surface area (Å²) in [5, 5.41) is 2.79. The minimum atomic E-state index is -0.435. The number of hydrogen-bond donors (Lipinski definition) is 2. The summed E-state index contributed by atoms with van der Waals surface area (Å²) in [4.78, 5) is 11.4. The first-order valence-corrected chi connectivity index (χ1v) is 6.00. The van der Waals surface area contributed by atoms with Crippen molar-refractivity contribution in [3.8, 4) is 0 Å². The molecule has 0 heterocycles. The topological polar surface area (TPSA) is 64.3 Å². The summed E-state index contributed by atoms with van der Waals surface area (Å²) in [6, 6.07) is 0. The monoisotopic (exact) mass is 228 g/mol. The van der Waals surface area contributed by atoms with Crippen molar-refractivity contribution in [1.82, 2.24) is 5.32 Å². The van der Waals surface area contributed by atoms with Crippen molar-refractivity contribution >= 4 is 6.09 Å². The van der Waals surface area contributed by atoms with Gasteiger partial charge in [-0.3, -0.25) is 0 Å². The third kappa shape index (κ3) is 4.39. The van der Waals surface area contributed by atoms with E-state index in [0.29, 0.717) is 24.9 Å². The lowest BCUT2D eigenvalue weighted by molar-refractivity contribution is 0.0517. The molecule has 1 amide bonds. The lowest BCUT2D eigenvalue weighted by Crippen LogP contribution is -2.37. The zero-order chi connectivity index (χ0) is 12.3. The van der Waals surface area contributed by atoms with Crippen LogP contribution in [0.1, 0.15) is 34.1 Å². The molecule has 0 aromatic rings. The van der Waals surface area contributed by atoms with Gasteiger partial charge in [-0.15, -0.1) is 0 Å². The van der Waals surface area contributed by atoms with Gasteiger partial charge in [0.15, 0.2) is 0 Å². The van der Waals surface area contributed by atoms with Crippen molar-refractivity contribution in [2.75, 3.05) is 13.1 Å². The first-order valence-electron chi connectivity index (χ1n) is 6.00. The van der Waals surface area contributed by atoms with E-state index >= 15 is 0 Å². The molecule has 1 fully saturated rings.